The first-order chi connectivity index (χ1) is 14.0. The number of nitrogens with zero attached hydrogens (tertiary/aromatic N) is 2. The van der Waals surface area contributed by atoms with E-state index >= 15 is 0 Å². The van der Waals surface area contributed by atoms with Gasteiger partial charge in [0, 0.05) is 26.2 Å². The minimum atomic E-state index is 0.201. The van der Waals surface area contributed by atoms with E-state index in [9.17, 15) is 0 Å². The molecule has 0 bridgehead atoms. The van der Waals surface area contributed by atoms with Crippen molar-refractivity contribution < 1.29 is 14.2 Å². The molecule has 0 amide bonds. The molecule has 2 aliphatic heterocycles. The van der Waals surface area contributed by atoms with Crippen LogP contribution >= 0.6 is 0 Å². The lowest BCUT2D eigenvalue weighted by Crippen LogP contribution is -2.22. The van der Waals surface area contributed by atoms with Crippen LogP contribution in [0.25, 0.3) is 0 Å². The second-order valence-corrected chi connectivity index (χ2v) is 8.58. The first kappa shape index (κ1) is 20.0. The van der Waals surface area contributed by atoms with Crippen LogP contribution in [0.1, 0.15) is 24.0 Å². The molecule has 29 heavy (non-hydrogen) atoms. The molecule has 0 aromatic heterocycles. The zero-order valence-corrected chi connectivity index (χ0v) is 18.0. The van der Waals surface area contributed by atoms with Crippen molar-refractivity contribution in [1.29, 1.82) is 0 Å². The van der Waals surface area contributed by atoms with Gasteiger partial charge in [-0.15, -0.1) is 0 Å². The van der Waals surface area contributed by atoms with Crippen molar-refractivity contribution in [2.45, 2.75) is 38.9 Å². The maximum atomic E-state index is 6.40. The largest absolute Gasteiger partial charge is 0.485 e. The molecule has 0 N–H and O–H groups in total. The Morgan fingerprint density at radius 3 is 1.52 bits per heavy atom. The maximum Gasteiger partial charge on any atom is 0.169 e. The monoisotopic (exact) mass is 396 g/mol. The lowest BCUT2D eigenvalue weighted by molar-refractivity contribution is 0.194. The summed E-state index contributed by atoms with van der Waals surface area (Å²) >= 11 is 0. The Hall–Kier alpha value is -2.24. The predicted molar refractivity (Wildman–Crippen MR) is 115 cm³/mol. The van der Waals surface area contributed by atoms with E-state index < -0.39 is 0 Å². The van der Waals surface area contributed by atoms with Crippen LogP contribution in [-0.2, 0) is 0 Å². The Labute approximate surface area is 174 Å². The van der Waals surface area contributed by atoms with Gasteiger partial charge >= 0.3 is 0 Å². The summed E-state index contributed by atoms with van der Waals surface area (Å²) in [6.45, 7) is 8.17. The Bertz CT molecular complexity index is 785. The fraction of sp³-hybridized carbons (Fsp3) is 0.500. The van der Waals surface area contributed by atoms with Crippen LogP contribution in [0.2, 0.25) is 0 Å². The second-order valence-electron chi connectivity index (χ2n) is 8.58. The van der Waals surface area contributed by atoms with Crippen LogP contribution in [0.15, 0.2) is 36.4 Å². The molecular formula is C24H32N2O3. The van der Waals surface area contributed by atoms with Crippen molar-refractivity contribution in [3.8, 4) is 23.0 Å². The molecule has 156 valence electrons. The number of likely N-dealkylation sites (N-methyl/N-ethyl adjacent to an activating group) is 2. The fourth-order valence-corrected chi connectivity index (χ4v) is 4.04. The second kappa shape index (κ2) is 8.64. The molecule has 5 heteroatoms. The van der Waals surface area contributed by atoms with Gasteiger partial charge in [-0.2, -0.15) is 0 Å². The minimum Gasteiger partial charge on any atom is -0.485 e. The topological polar surface area (TPSA) is 34.2 Å². The number of benzene rings is 2. The summed E-state index contributed by atoms with van der Waals surface area (Å²) < 4.78 is 19.0. The fourth-order valence-electron chi connectivity index (χ4n) is 4.04. The van der Waals surface area contributed by atoms with E-state index in [0.29, 0.717) is 0 Å². The van der Waals surface area contributed by atoms with Crippen LogP contribution in [0, 0.1) is 13.8 Å². The van der Waals surface area contributed by atoms with Gasteiger partial charge in [-0.25, -0.2) is 0 Å². The molecule has 2 atom stereocenters. The normalized spacial score (nSPS) is 22.8. The molecular weight excluding hydrogens is 364 g/mol. The zero-order valence-electron chi connectivity index (χ0n) is 18.0. The SMILES string of the molecule is Cc1ccc(OC2CCN(C)C2)c(Oc2cc(C)ccc2OC2CCN(C)C2)c1. The summed E-state index contributed by atoms with van der Waals surface area (Å²) in [5.74, 6) is 3.09. The summed E-state index contributed by atoms with van der Waals surface area (Å²) in [5.41, 5.74) is 2.28. The van der Waals surface area contributed by atoms with Crippen LogP contribution in [0.5, 0.6) is 23.0 Å². The van der Waals surface area contributed by atoms with Gasteiger partial charge in [0.1, 0.15) is 12.2 Å². The van der Waals surface area contributed by atoms with E-state index in [-0.39, 0.29) is 12.2 Å². The summed E-state index contributed by atoms with van der Waals surface area (Å²) in [4.78, 5) is 4.59. The smallest absolute Gasteiger partial charge is 0.169 e. The van der Waals surface area contributed by atoms with E-state index in [2.05, 4.69) is 49.9 Å². The van der Waals surface area contributed by atoms with Gasteiger partial charge in [0.05, 0.1) is 0 Å². The van der Waals surface area contributed by atoms with E-state index in [1.165, 1.54) is 0 Å². The molecule has 2 aromatic carbocycles. The molecule has 0 radical (unpaired) electrons. The van der Waals surface area contributed by atoms with Crippen LogP contribution in [0.4, 0.5) is 0 Å². The lowest BCUT2D eigenvalue weighted by atomic mass is 10.2. The van der Waals surface area contributed by atoms with Gasteiger partial charge in [-0.1, -0.05) is 12.1 Å². The van der Waals surface area contributed by atoms with Crippen molar-refractivity contribution in [3.05, 3.63) is 47.5 Å². The Morgan fingerprint density at radius 2 is 1.14 bits per heavy atom. The van der Waals surface area contributed by atoms with Crippen LogP contribution < -0.4 is 14.2 Å². The van der Waals surface area contributed by atoms with Gasteiger partial charge in [-0.3, -0.25) is 0 Å². The molecule has 2 aliphatic rings. The molecule has 5 nitrogen and oxygen atoms in total. The number of hydrogen-bond donors (Lipinski definition) is 0. The van der Waals surface area contributed by atoms with E-state index in [4.69, 9.17) is 14.2 Å². The summed E-state index contributed by atoms with van der Waals surface area (Å²) in [5, 5.41) is 0. The van der Waals surface area contributed by atoms with Crippen molar-refractivity contribution in [3.63, 3.8) is 0 Å². The first-order valence-corrected chi connectivity index (χ1v) is 10.6. The Kier molecular flexibility index (Phi) is 5.97. The first-order valence-electron chi connectivity index (χ1n) is 10.6. The average Bonchev–Trinajstić information content (AvgIpc) is 3.27. The van der Waals surface area contributed by atoms with Gasteiger partial charge in [0.2, 0.25) is 0 Å². The van der Waals surface area contributed by atoms with Crippen LogP contribution in [-0.4, -0.2) is 62.3 Å². The average molecular weight is 397 g/mol. The molecule has 2 unspecified atom stereocenters. The highest BCUT2D eigenvalue weighted by Crippen LogP contribution is 2.39. The van der Waals surface area contributed by atoms with Gasteiger partial charge in [0.25, 0.3) is 0 Å². The molecule has 2 fully saturated rings. The minimum absolute atomic E-state index is 0.201. The quantitative estimate of drug-likeness (QED) is 0.729. The highest BCUT2D eigenvalue weighted by atomic mass is 16.5. The van der Waals surface area contributed by atoms with Crippen molar-refractivity contribution in [1.82, 2.24) is 9.80 Å². The lowest BCUT2D eigenvalue weighted by Gasteiger charge is -2.20. The Balaban J connectivity index is 1.56. The molecule has 0 saturated carbocycles. The third-order valence-electron chi connectivity index (χ3n) is 5.70. The summed E-state index contributed by atoms with van der Waals surface area (Å²) in [7, 11) is 4.26. The molecule has 0 spiro atoms. The number of aryl methyl sites for hydroxylation is 2. The summed E-state index contributed by atoms with van der Waals surface area (Å²) in [6, 6.07) is 12.3. The number of ether oxygens (including phenoxy) is 3. The highest BCUT2D eigenvalue weighted by molar-refractivity contribution is 5.50. The Morgan fingerprint density at radius 1 is 0.690 bits per heavy atom. The third kappa shape index (κ3) is 5.03. The van der Waals surface area contributed by atoms with Gasteiger partial charge in [-0.05, 0) is 76.2 Å². The van der Waals surface area contributed by atoms with Crippen molar-refractivity contribution in [2.75, 3.05) is 40.3 Å². The highest BCUT2D eigenvalue weighted by Gasteiger charge is 2.24. The van der Waals surface area contributed by atoms with Crippen molar-refractivity contribution >= 4 is 0 Å². The molecule has 2 heterocycles. The maximum absolute atomic E-state index is 6.40. The van der Waals surface area contributed by atoms with Gasteiger partial charge in [0.15, 0.2) is 23.0 Å². The molecule has 2 aromatic rings. The number of rotatable bonds is 6. The zero-order chi connectivity index (χ0) is 20.4. The van der Waals surface area contributed by atoms with Crippen LogP contribution in [0.3, 0.4) is 0 Å². The van der Waals surface area contributed by atoms with Gasteiger partial charge < -0.3 is 24.0 Å². The number of hydrogen-bond acceptors (Lipinski definition) is 5. The van der Waals surface area contributed by atoms with E-state index in [1.54, 1.807) is 0 Å². The van der Waals surface area contributed by atoms with E-state index in [1.807, 2.05) is 24.3 Å². The number of likely N-dealkylation sites (tertiary alicyclic amines) is 2. The van der Waals surface area contributed by atoms with Crippen molar-refractivity contribution in [2.24, 2.45) is 0 Å². The third-order valence-corrected chi connectivity index (χ3v) is 5.70. The summed E-state index contributed by atoms with van der Waals surface area (Å²) in [6.07, 6.45) is 2.48. The van der Waals surface area contributed by atoms with E-state index in [0.717, 1.165) is 73.1 Å². The standard InChI is InChI=1S/C24H32N2O3/c1-17-5-7-21(27-19-9-11-25(3)15-19)23(13-17)29-24-14-18(2)6-8-22(24)28-20-10-12-26(4)16-20/h5-8,13-14,19-20H,9-12,15-16H2,1-4H3. The molecule has 2 saturated heterocycles. The molecule has 0 aliphatic carbocycles. The molecule has 4 rings (SSSR count). The predicted octanol–water partition coefficient (Wildman–Crippen LogP) is 4.26.